The van der Waals surface area contributed by atoms with E-state index >= 15 is 0 Å². The molecule has 0 bridgehead atoms. The van der Waals surface area contributed by atoms with E-state index in [2.05, 4.69) is 40.1 Å². The van der Waals surface area contributed by atoms with Crippen LogP contribution in [0.25, 0.3) is 0 Å². The summed E-state index contributed by atoms with van der Waals surface area (Å²) in [5, 5.41) is 5.95. The van der Waals surface area contributed by atoms with Crippen LogP contribution in [0.15, 0.2) is 48.5 Å². The molecular formula is C21H24IN3O2. The molecule has 2 N–H and O–H groups in total. The number of nitrogens with zero attached hydrogens (tertiary/aromatic N) is 1. The van der Waals surface area contributed by atoms with Crippen LogP contribution >= 0.6 is 22.6 Å². The van der Waals surface area contributed by atoms with E-state index in [0.29, 0.717) is 17.2 Å². The maximum absolute atomic E-state index is 12.7. The van der Waals surface area contributed by atoms with Crippen molar-refractivity contribution >= 4 is 45.8 Å². The number of nitrogens with one attached hydrogen (secondary N) is 2. The third-order valence-corrected chi connectivity index (χ3v) is 5.48. The van der Waals surface area contributed by atoms with Gasteiger partial charge >= 0.3 is 0 Å². The van der Waals surface area contributed by atoms with E-state index in [4.69, 9.17) is 0 Å². The number of amides is 2. The number of benzene rings is 2. The summed E-state index contributed by atoms with van der Waals surface area (Å²) in [6, 6.07) is 15.0. The minimum Gasteiger partial charge on any atom is -0.376 e. The Morgan fingerprint density at radius 1 is 1.07 bits per heavy atom. The maximum Gasteiger partial charge on any atom is 0.253 e. The molecule has 1 aliphatic heterocycles. The van der Waals surface area contributed by atoms with Gasteiger partial charge in [0.05, 0.1) is 6.54 Å². The number of piperidine rings is 1. The van der Waals surface area contributed by atoms with Crippen LogP contribution in [0.5, 0.6) is 0 Å². The topological polar surface area (TPSA) is 61.4 Å². The second-order valence-electron chi connectivity index (χ2n) is 6.96. The lowest BCUT2D eigenvalue weighted by Gasteiger charge is -2.30. The number of rotatable bonds is 5. The minimum atomic E-state index is -0.148. The van der Waals surface area contributed by atoms with Crippen LogP contribution in [-0.4, -0.2) is 36.3 Å². The van der Waals surface area contributed by atoms with Gasteiger partial charge in [0.25, 0.3) is 5.91 Å². The fraction of sp³-hybridized carbons (Fsp3) is 0.333. The van der Waals surface area contributed by atoms with Gasteiger partial charge < -0.3 is 15.5 Å². The molecule has 0 aromatic heterocycles. The third-order valence-electron chi connectivity index (χ3n) is 4.76. The molecule has 1 saturated heterocycles. The summed E-state index contributed by atoms with van der Waals surface area (Å²) in [6.07, 6.45) is 2.10. The average Bonchev–Trinajstić information content (AvgIpc) is 2.68. The molecule has 2 amide bonds. The standard InChI is InChI=1S/C21H24IN3O2/c1-15-9-11-25(12-10-15)21(27)16-3-2-4-19(13-16)24-20(26)14-23-18-7-5-17(22)6-8-18/h2-8,13,15,23H,9-12,14H2,1H3,(H,24,26). The Labute approximate surface area is 173 Å². The molecule has 1 fully saturated rings. The Bertz CT molecular complexity index is 799. The Morgan fingerprint density at radius 2 is 1.78 bits per heavy atom. The minimum absolute atomic E-state index is 0.0370. The molecule has 27 heavy (non-hydrogen) atoms. The number of anilines is 2. The van der Waals surface area contributed by atoms with Crippen molar-refractivity contribution in [2.45, 2.75) is 19.8 Å². The predicted octanol–water partition coefficient (Wildman–Crippen LogP) is 4.21. The van der Waals surface area contributed by atoms with Gasteiger partial charge in [-0.1, -0.05) is 13.0 Å². The van der Waals surface area contributed by atoms with Crippen molar-refractivity contribution in [3.05, 3.63) is 57.7 Å². The van der Waals surface area contributed by atoms with Crippen molar-refractivity contribution < 1.29 is 9.59 Å². The molecule has 0 atom stereocenters. The van der Waals surface area contributed by atoms with Crippen molar-refractivity contribution in [1.82, 2.24) is 4.90 Å². The van der Waals surface area contributed by atoms with Crippen LogP contribution in [0, 0.1) is 9.49 Å². The van der Waals surface area contributed by atoms with Crippen molar-refractivity contribution in [1.29, 1.82) is 0 Å². The van der Waals surface area contributed by atoms with Gasteiger partial charge in [0.2, 0.25) is 5.91 Å². The van der Waals surface area contributed by atoms with Gasteiger partial charge in [-0.2, -0.15) is 0 Å². The number of carbonyl (C=O) groups is 2. The van der Waals surface area contributed by atoms with Gasteiger partial charge in [0.15, 0.2) is 0 Å². The lowest BCUT2D eigenvalue weighted by atomic mass is 9.98. The summed E-state index contributed by atoms with van der Waals surface area (Å²) < 4.78 is 1.15. The van der Waals surface area contributed by atoms with E-state index in [1.165, 1.54) is 0 Å². The van der Waals surface area contributed by atoms with Gasteiger partial charge in [0, 0.05) is 33.6 Å². The van der Waals surface area contributed by atoms with Gasteiger partial charge in [-0.15, -0.1) is 0 Å². The van der Waals surface area contributed by atoms with Crippen molar-refractivity contribution in [3.8, 4) is 0 Å². The molecule has 1 heterocycles. The molecule has 0 spiro atoms. The van der Waals surface area contributed by atoms with Gasteiger partial charge in [0.1, 0.15) is 0 Å². The molecule has 1 aliphatic rings. The molecule has 0 saturated carbocycles. The van der Waals surface area contributed by atoms with Crippen molar-refractivity contribution in [3.63, 3.8) is 0 Å². The average molecular weight is 477 g/mol. The SMILES string of the molecule is CC1CCN(C(=O)c2cccc(NC(=O)CNc3ccc(I)cc3)c2)CC1. The van der Waals surface area contributed by atoms with E-state index in [0.717, 1.165) is 35.2 Å². The van der Waals surface area contributed by atoms with Crippen LogP contribution in [-0.2, 0) is 4.79 Å². The first-order valence-corrected chi connectivity index (χ1v) is 10.3. The zero-order valence-corrected chi connectivity index (χ0v) is 17.5. The first-order chi connectivity index (χ1) is 13.0. The van der Waals surface area contributed by atoms with Crippen LogP contribution < -0.4 is 10.6 Å². The van der Waals surface area contributed by atoms with Crippen LogP contribution in [0.4, 0.5) is 11.4 Å². The quantitative estimate of drug-likeness (QED) is 0.635. The van der Waals surface area contributed by atoms with E-state index in [1.807, 2.05) is 35.2 Å². The molecule has 5 nitrogen and oxygen atoms in total. The first kappa shape index (κ1) is 19.7. The van der Waals surface area contributed by atoms with Crippen molar-refractivity contribution in [2.75, 3.05) is 30.3 Å². The zero-order valence-electron chi connectivity index (χ0n) is 15.4. The van der Waals surface area contributed by atoms with Gasteiger partial charge in [-0.3, -0.25) is 9.59 Å². The molecule has 0 radical (unpaired) electrons. The highest BCUT2D eigenvalue weighted by molar-refractivity contribution is 14.1. The fourth-order valence-electron chi connectivity index (χ4n) is 3.08. The normalized spacial score (nSPS) is 14.7. The highest BCUT2D eigenvalue weighted by atomic mass is 127. The Morgan fingerprint density at radius 3 is 2.48 bits per heavy atom. The summed E-state index contributed by atoms with van der Waals surface area (Å²) in [7, 11) is 0. The highest BCUT2D eigenvalue weighted by Crippen LogP contribution is 2.19. The smallest absolute Gasteiger partial charge is 0.253 e. The lowest BCUT2D eigenvalue weighted by Crippen LogP contribution is -2.37. The van der Waals surface area contributed by atoms with Crippen molar-refractivity contribution in [2.24, 2.45) is 5.92 Å². The molecule has 6 heteroatoms. The Kier molecular flexibility index (Phi) is 6.71. The van der Waals surface area contributed by atoms with Crippen LogP contribution in [0.2, 0.25) is 0 Å². The summed E-state index contributed by atoms with van der Waals surface area (Å²) in [4.78, 5) is 26.8. The molecule has 0 aliphatic carbocycles. The monoisotopic (exact) mass is 477 g/mol. The maximum atomic E-state index is 12.7. The number of halogens is 1. The molecule has 142 valence electrons. The zero-order chi connectivity index (χ0) is 19.2. The van der Waals surface area contributed by atoms with Gasteiger partial charge in [-0.05, 0) is 83.8 Å². The summed E-state index contributed by atoms with van der Waals surface area (Å²) in [5.41, 5.74) is 2.16. The van der Waals surface area contributed by atoms with E-state index < -0.39 is 0 Å². The lowest BCUT2D eigenvalue weighted by molar-refractivity contribution is -0.114. The number of hydrogen-bond acceptors (Lipinski definition) is 3. The molecule has 2 aromatic rings. The number of likely N-dealkylation sites (tertiary alicyclic amines) is 1. The fourth-order valence-corrected chi connectivity index (χ4v) is 3.44. The largest absolute Gasteiger partial charge is 0.376 e. The second-order valence-corrected chi connectivity index (χ2v) is 8.21. The Hall–Kier alpha value is -2.09. The van der Waals surface area contributed by atoms with E-state index in [-0.39, 0.29) is 18.4 Å². The molecule has 3 rings (SSSR count). The molecule has 0 unspecified atom stereocenters. The van der Waals surface area contributed by atoms with Gasteiger partial charge in [-0.25, -0.2) is 0 Å². The third kappa shape index (κ3) is 5.69. The summed E-state index contributed by atoms with van der Waals surface area (Å²) in [6.45, 7) is 4.00. The van der Waals surface area contributed by atoms with Crippen LogP contribution in [0.3, 0.4) is 0 Å². The highest BCUT2D eigenvalue weighted by Gasteiger charge is 2.21. The number of carbonyl (C=O) groups excluding carboxylic acids is 2. The van der Waals surface area contributed by atoms with Crippen LogP contribution in [0.1, 0.15) is 30.1 Å². The molecule has 2 aromatic carbocycles. The first-order valence-electron chi connectivity index (χ1n) is 9.20. The predicted molar refractivity (Wildman–Crippen MR) is 117 cm³/mol. The number of hydrogen-bond donors (Lipinski definition) is 2. The summed E-state index contributed by atoms with van der Waals surface area (Å²) in [5.74, 6) is 0.570. The molecular weight excluding hydrogens is 453 g/mol. The second kappa shape index (κ2) is 9.21. The van der Waals surface area contributed by atoms with E-state index in [1.54, 1.807) is 18.2 Å². The Balaban J connectivity index is 1.55. The van der Waals surface area contributed by atoms with E-state index in [9.17, 15) is 9.59 Å². The summed E-state index contributed by atoms with van der Waals surface area (Å²) >= 11 is 2.24.